The van der Waals surface area contributed by atoms with E-state index in [-0.39, 0.29) is 5.75 Å². The first-order chi connectivity index (χ1) is 10.00. The lowest BCUT2D eigenvalue weighted by atomic mass is 10.0. The number of anilines is 1. The molecule has 0 spiro atoms. The van der Waals surface area contributed by atoms with Crippen molar-refractivity contribution >= 4 is 15.8 Å². The van der Waals surface area contributed by atoms with Crippen LogP contribution in [-0.2, 0) is 15.8 Å². The third kappa shape index (κ3) is 4.60. The Hall–Kier alpha value is -1.82. The van der Waals surface area contributed by atoms with Crippen LogP contribution in [0.1, 0.15) is 43.9 Å². The molecular formula is C15H21N3O2S. The highest BCUT2D eigenvalue weighted by Gasteiger charge is 2.15. The summed E-state index contributed by atoms with van der Waals surface area (Å²) in [5.41, 5.74) is 1.70. The minimum Gasteiger partial charge on any atom is -0.280 e. The lowest BCUT2D eigenvalue weighted by Gasteiger charge is -2.06. The maximum atomic E-state index is 12.1. The van der Waals surface area contributed by atoms with Crippen LogP contribution in [0.4, 0.5) is 5.82 Å². The van der Waals surface area contributed by atoms with E-state index < -0.39 is 10.0 Å². The molecule has 0 fully saturated rings. The van der Waals surface area contributed by atoms with Crippen LogP contribution < -0.4 is 4.72 Å². The van der Waals surface area contributed by atoms with Crippen molar-refractivity contribution in [1.82, 2.24) is 10.2 Å². The van der Waals surface area contributed by atoms with Crippen molar-refractivity contribution in [2.45, 2.75) is 38.4 Å². The summed E-state index contributed by atoms with van der Waals surface area (Å²) >= 11 is 0. The van der Waals surface area contributed by atoms with Gasteiger partial charge in [-0.15, -0.1) is 0 Å². The van der Waals surface area contributed by atoms with Crippen molar-refractivity contribution in [3.63, 3.8) is 0 Å². The fourth-order valence-corrected chi connectivity index (χ4v) is 3.35. The Kier molecular flexibility index (Phi) is 5.01. The molecule has 2 rings (SSSR count). The van der Waals surface area contributed by atoms with Gasteiger partial charge in [-0.05, 0) is 17.9 Å². The van der Waals surface area contributed by atoms with Gasteiger partial charge in [0.15, 0.2) is 5.82 Å². The second kappa shape index (κ2) is 6.76. The molecule has 0 aliphatic carbocycles. The predicted octanol–water partition coefficient (Wildman–Crippen LogP) is 3.26. The Morgan fingerprint density at radius 2 is 2.00 bits per heavy atom. The van der Waals surface area contributed by atoms with Gasteiger partial charge in [-0.3, -0.25) is 9.82 Å². The quantitative estimate of drug-likeness (QED) is 0.824. The van der Waals surface area contributed by atoms with Gasteiger partial charge in [0.05, 0.1) is 5.75 Å². The Labute approximate surface area is 125 Å². The summed E-state index contributed by atoms with van der Waals surface area (Å²) in [6.45, 7) is 4.22. The molecule has 0 amide bonds. The Morgan fingerprint density at radius 3 is 2.67 bits per heavy atom. The molecule has 1 atom stereocenters. The summed E-state index contributed by atoms with van der Waals surface area (Å²) in [6, 6.07) is 10.9. The van der Waals surface area contributed by atoms with E-state index in [4.69, 9.17) is 0 Å². The average molecular weight is 307 g/mol. The van der Waals surface area contributed by atoms with E-state index in [0.717, 1.165) is 24.1 Å². The number of rotatable bonds is 7. The van der Waals surface area contributed by atoms with Gasteiger partial charge in [0.25, 0.3) is 0 Å². The zero-order valence-corrected chi connectivity index (χ0v) is 13.2. The average Bonchev–Trinajstić information content (AvgIpc) is 2.87. The van der Waals surface area contributed by atoms with Crippen LogP contribution in [-0.4, -0.2) is 18.6 Å². The lowest BCUT2D eigenvalue weighted by molar-refractivity contribution is 0.600. The summed E-state index contributed by atoms with van der Waals surface area (Å²) in [4.78, 5) is 0. The summed E-state index contributed by atoms with van der Waals surface area (Å²) in [6.07, 6.45) is 2.12. The number of aromatic nitrogens is 2. The van der Waals surface area contributed by atoms with Crippen molar-refractivity contribution < 1.29 is 8.42 Å². The lowest BCUT2D eigenvalue weighted by Crippen LogP contribution is -2.15. The third-order valence-electron chi connectivity index (χ3n) is 3.31. The van der Waals surface area contributed by atoms with Gasteiger partial charge >= 0.3 is 0 Å². The van der Waals surface area contributed by atoms with Crippen LogP contribution in [0.2, 0.25) is 0 Å². The van der Waals surface area contributed by atoms with Crippen LogP contribution in [0.3, 0.4) is 0 Å². The van der Waals surface area contributed by atoms with E-state index in [2.05, 4.69) is 28.8 Å². The second-order valence-electron chi connectivity index (χ2n) is 5.24. The third-order valence-corrected chi connectivity index (χ3v) is 4.54. The summed E-state index contributed by atoms with van der Waals surface area (Å²) < 4.78 is 26.7. The highest BCUT2D eigenvalue weighted by atomic mass is 32.2. The molecule has 0 saturated carbocycles. The van der Waals surface area contributed by atoms with Crippen molar-refractivity contribution in [3.05, 3.63) is 47.7 Å². The first-order valence-electron chi connectivity index (χ1n) is 7.10. The van der Waals surface area contributed by atoms with E-state index in [1.165, 1.54) is 0 Å². The number of hydrogen-bond acceptors (Lipinski definition) is 3. The molecule has 0 saturated heterocycles. The minimum absolute atomic E-state index is 0.0550. The molecule has 0 aliphatic rings. The van der Waals surface area contributed by atoms with Gasteiger partial charge in [0.1, 0.15) is 0 Å². The van der Waals surface area contributed by atoms with Crippen LogP contribution in [0.25, 0.3) is 0 Å². The number of nitrogens with zero attached hydrogens (tertiary/aromatic N) is 1. The summed E-state index contributed by atoms with van der Waals surface area (Å²) in [7, 11) is -3.44. The molecule has 1 aromatic carbocycles. The highest BCUT2D eigenvalue weighted by Crippen LogP contribution is 2.21. The Morgan fingerprint density at radius 1 is 1.29 bits per heavy atom. The minimum atomic E-state index is -3.44. The maximum absolute atomic E-state index is 12.1. The van der Waals surface area contributed by atoms with Crippen LogP contribution in [0.5, 0.6) is 0 Å². The molecule has 2 N–H and O–H groups in total. The molecule has 0 radical (unpaired) electrons. The van der Waals surface area contributed by atoms with E-state index >= 15 is 0 Å². The molecule has 114 valence electrons. The zero-order valence-electron chi connectivity index (χ0n) is 12.3. The molecule has 5 nitrogen and oxygen atoms in total. The van der Waals surface area contributed by atoms with E-state index in [0.29, 0.717) is 11.7 Å². The smallest absolute Gasteiger partial charge is 0.238 e. The fourth-order valence-electron chi connectivity index (χ4n) is 2.22. The van der Waals surface area contributed by atoms with Crippen LogP contribution in [0.15, 0.2) is 36.4 Å². The zero-order chi connectivity index (χ0) is 15.3. The standard InChI is InChI=1S/C15H21N3O2S/c1-3-7-12(2)14-10-15(17-16-14)18-21(19,20)11-13-8-5-4-6-9-13/h4-6,8-10,12H,3,7,11H2,1-2H3,(H2,16,17,18)/t12-/m0/s1. The number of hydrogen-bond donors (Lipinski definition) is 2. The number of sulfonamides is 1. The van der Waals surface area contributed by atoms with Crippen molar-refractivity contribution in [2.24, 2.45) is 0 Å². The molecule has 1 heterocycles. The van der Waals surface area contributed by atoms with Crippen molar-refractivity contribution in [1.29, 1.82) is 0 Å². The summed E-state index contributed by atoms with van der Waals surface area (Å²) in [5.74, 6) is 0.638. The molecule has 2 aromatic rings. The first kappa shape index (κ1) is 15.6. The molecule has 1 aromatic heterocycles. The van der Waals surface area contributed by atoms with Crippen molar-refractivity contribution in [2.75, 3.05) is 4.72 Å². The monoisotopic (exact) mass is 307 g/mol. The van der Waals surface area contributed by atoms with Crippen LogP contribution >= 0.6 is 0 Å². The van der Waals surface area contributed by atoms with E-state index in [9.17, 15) is 8.42 Å². The molecule has 6 heteroatoms. The fraction of sp³-hybridized carbons (Fsp3) is 0.400. The SMILES string of the molecule is CCC[C@H](C)c1cc(NS(=O)(=O)Cc2ccccc2)n[nH]1. The number of benzene rings is 1. The van der Waals surface area contributed by atoms with Gasteiger partial charge in [0.2, 0.25) is 10.0 Å². The molecular weight excluding hydrogens is 286 g/mol. The molecule has 0 aliphatic heterocycles. The number of aromatic amines is 1. The Bertz CT molecular complexity index is 665. The first-order valence-corrected chi connectivity index (χ1v) is 8.75. The largest absolute Gasteiger partial charge is 0.280 e. The van der Waals surface area contributed by atoms with E-state index in [1.807, 2.05) is 18.2 Å². The Balaban J connectivity index is 2.04. The molecule has 0 unspecified atom stereocenters. The maximum Gasteiger partial charge on any atom is 0.238 e. The summed E-state index contributed by atoms with van der Waals surface area (Å²) in [5, 5.41) is 6.93. The normalized spacial score (nSPS) is 13.0. The topological polar surface area (TPSA) is 74.8 Å². The van der Waals surface area contributed by atoms with Crippen LogP contribution in [0, 0.1) is 0 Å². The van der Waals surface area contributed by atoms with Gasteiger partial charge in [-0.1, -0.05) is 50.6 Å². The number of nitrogens with one attached hydrogen (secondary N) is 2. The second-order valence-corrected chi connectivity index (χ2v) is 6.97. The van der Waals surface area contributed by atoms with Gasteiger partial charge < -0.3 is 0 Å². The van der Waals surface area contributed by atoms with Gasteiger partial charge in [0, 0.05) is 11.8 Å². The van der Waals surface area contributed by atoms with E-state index in [1.54, 1.807) is 18.2 Å². The number of H-pyrrole nitrogens is 1. The molecule has 21 heavy (non-hydrogen) atoms. The predicted molar refractivity (Wildman–Crippen MR) is 84.6 cm³/mol. The van der Waals surface area contributed by atoms with Gasteiger partial charge in [-0.25, -0.2) is 8.42 Å². The van der Waals surface area contributed by atoms with Crippen molar-refractivity contribution in [3.8, 4) is 0 Å². The highest BCUT2D eigenvalue weighted by molar-refractivity contribution is 7.91. The van der Waals surface area contributed by atoms with Gasteiger partial charge in [-0.2, -0.15) is 5.10 Å². The molecule has 0 bridgehead atoms.